The highest BCUT2D eigenvalue weighted by Crippen LogP contribution is 2.31. The third kappa shape index (κ3) is 1.89. The molecule has 0 aromatic carbocycles. The summed E-state index contributed by atoms with van der Waals surface area (Å²) >= 11 is 0. The van der Waals surface area contributed by atoms with Gasteiger partial charge in [-0.2, -0.15) is 21.6 Å². The first-order valence-corrected chi connectivity index (χ1v) is 4.73. The van der Waals surface area contributed by atoms with Crippen molar-refractivity contribution in [2.24, 2.45) is 0 Å². The van der Waals surface area contributed by atoms with Crippen LogP contribution in [-0.2, 0) is 14.3 Å². The molecule has 0 N–H and O–H groups in total. The van der Waals surface area contributed by atoms with Gasteiger partial charge in [0.1, 0.15) is 0 Å². The molecule has 12 heavy (non-hydrogen) atoms. The average Bonchev–Trinajstić information content (AvgIpc) is 1.76. The van der Waals surface area contributed by atoms with Gasteiger partial charge in [0.25, 0.3) is 0 Å². The lowest BCUT2D eigenvalue weighted by Crippen LogP contribution is -2.33. The van der Waals surface area contributed by atoms with Crippen LogP contribution in [0.25, 0.3) is 0 Å². The summed E-state index contributed by atoms with van der Waals surface area (Å²) in [6, 6.07) is 0. The van der Waals surface area contributed by atoms with Crippen LogP contribution < -0.4 is 0 Å². The van der Waals surface area contributed by atoms with Crippen molar-refractivity contribution in [3.05, 3.63) is 0 Å². The van der Waals surface area contributed by atoms with Crippen LogP contribution in [0.4, 0.5) is 13.2 Å². The van der Waals surface area contributed by atoms with Crippen molar-refractivity contribution in [1.29, 1.82) is 0 Å². The summed E-state index contributed by atoms with van der Waals surface area (Å²) in [7, 11) is -5.36. The lowest BCUT2D eigenvalue weighted by Gasteiger charge is -2.24. The fourth-order valence-corrected chi connectivity index (χ4v) is 1.36. The Balaban J connectivity index is 2.60. The lowest BCUT2D eigenvalue weighted by molar-refractivity contribution is -0.0603. The second-order valence-corrected chi connectivity index (χ2v) is 4.11. The summed E-state index contributed by atoms with van der Waals surface area (Å²) in [6.07, 6.45) is 0.722. The minimum atomic E-state index is -5.36. The Hall–Kier alpha value is -0.300. The molecule has 1 aliphatic carbocycles. The third-order valence-electron chi connectivity index (χ3n) is 1.60. The van der Waals surface area contributed by atoms with Gasteiger partial charge in [0.2, 0.25) is 0 Å². The molecule has 0 heterocycles. The maximum Gasteiger partial charge on any atom is 0.523 e. The van der Waals surface area contributed by atoms with Gasteiger partial charge in [-0.3, -0.25) is 4.18 Å². The van der Waals surface area contributed by atoms with Gasteiger partial charge in [-0.25, -0.2) is 0 Å². The van der Waals surface area contributed by atoms with Crippen LogP contribution >= 0.6 is 0 Å². The monoisotopic (exact) mass is 204 g/mol. The summed E-state index contributed by atoms with van der Waals surface area (Å²) < 4.78 is 59.4. The summed E-state index contributed by atoms with van der Waals surface area (Å²) in [6.45, 7) is 0. The predicted molar refractivity (Wildman–Crippen MR) is 33.7 cm³/mol. The van der Waals surface area contributed by atoms with Gasteiger partial charge in [0.15, 0.2) is 0 Å². The van der Waals surface area contributed by atoms with Crippen molar-refractivity contribution < 1.29 is 25.8 Å². The molecule has 0 spiro atoms. The first-order chi connectivity index (χ1) is 5.33. The van der Waals surface area contributed by atoms with E-state index < -0.39 is 21.7 Å². The largest absolute Gasteiger partial charge is 0.523 e. The highest BCUT2D eigenvalue weighted by molar-refractivity contribution is 7.87. The van der Waals surface area contributed by atoms with Crippen LogP contribution in [0.1, 0.15) is 19.3 Å². The van der Waals surface area contributed by atoms with E-state index in [9.17, 15) is 21.6 Å². The molecule has 72 valence electrons. The van der Waals surface area contributed by atoms with Crippen molar-refractivity contribution >= 4 is 10.1 Å². The highest BCUT2D eigenvalue weighted by atomic mass is 32.2. The Labute approximate surface area is 67.6 Å². The van der Waals surface area contributed by atoms with Crippen LogP contribution in [-0.4, -0.2) is 20.0 Å². The van der Waals surface area contributed by atoms with Gasteiger partial charge >= 0.3 is 15.6 Å². The summed E-state index contributed by atoms with van der Waals surface area (Å²) in [5, 5.41) is 0. The Bertz CT molecular complexity index is 252. The minimum Gasteiger partial charge on any atom is -0.260 e. The molecule has 0 aromatic heterocycles. The molecule has 0 unspecified atom stereocenters. The van der Waals surface area contributed by atoms with Crippen LogP contribution in [0.15, 0.2) is 0 Å². The molecule has 0 saturated heterocycles. The molecule has 3 nitrogen and oxygen atoms in total. The van der Waals surface area contributed by atoms with Crippen molar-refractivity contribution in [2.45, 2.75) is 30.9 Å². The molecule has 1 saturated carbocycles. The van der Waals surface area contributed by atoms with Crippen molar-refractivity contribution in [3.63, 3.8) is 0 Å². The molecule has 7 heteroatoms. The molecule has 0 aliphatic heterocycles. The molecular formula is C5H7F3O3S. The van der Waals surface area contributed by atoms with Crippen molar-refractivity contribution in [2.75, 3.05) is 0 Å². The van der Waals surface area contributed by atoms with Gasteiger partial charge in [-0.05, 0) is 19.3 Å². The normalized spacial score (nSPS) is 20.6. The van der Waals surface area contributed by atoms with Crippen LogP contribution in [0.5, 0.6) is 0 Å². The Kier molecular flexibility index (Phi) is 2.35. The number of hydrogen-bond acceptors (Lipinski definition) is 3. The molecule has 0 amide bonds. The molecule has 0 aromatic rings. The second-order valence-electron chi connectivity index (χ2n) is 2.55. The van der Waals surface area contributed by atoms with Crippen LogP contribution in [0.3, 0.4) is 0 Å². The van der Waals surface area contributed by atoms with E-state index in [2.05, 4.69) is 4.18 Å². The Morgan fingerprint density at radius 3 is 2.00 bits per heavy atom. The molecule has 0 atom stereocenters. The second kappa shape index (κ2) is 2.88. The molecule has 0 bridgehead atoms. The zero-order valence-corrected chi connectivity index (χ0v) is 6.78. The molecule has 0 radical (unpaired) electrons. The first-order valence-electron chi connectivity index (χ1n) is 3.32. The van der Waals surface area contributed by atoms with E-state index >= 15 is 0 Å². The fraction of sp³-hybridized carbons (Fsp3) is 1.00. The van der Waals surface area contributed by atoms with Gasteiger partial charge in [-0.1, -0.05) is 0 Å². The quantitative estimate of drug-likeness (QED) is 0.504. The topological polar surface area (TPSA) is 43.4 Å². The lowest BCUT2D eigenvalue weighted by atomic mass is 9.97. The average molecular weight is 204 g/mol. The van der Waals surface area contributed by atoms with Gasteiger partial charge in [-0.15, -0.1) is 0 Å². The SMILES string of the molecule is O=S(=O)(OC1CCC1)C(F)(F)F. The molecular weight excluding hydrogens is 197 g/mol. The zero-order valence-electron chi connectivity index (χ0n) is 5.97. The Morgan fingerprint density at radius 1 is 1.25 bits per heavy atom. The van der Waals surface area contributed by atoms with E-state index in [0.717, 1.165) is 6.42 Å². The smallest absolute Gasteiger partial charge is 0.260 e. The van der Waals surface area contributed by atoms with Crippen LogP contribution in [0, 0.1) is 0 Å². The van der Waals surface area contributed by atoms with E-state index in [0.29, 0.717) is 12.8 Å². The van der Waals surface area contributed by atoms with E-state index in [-0.39, 0.29) is 0 Å². The number of alkyl halides is 3. The van der Waals surface area contributed by atoms with E-state index in [1.165, 1.54) is 0 Å². The standard InChI is InChI=1S/C5H7F3O3S/c6-5(7,8)12(9,10)11-4-2-1-3-4/h4H,1-3H2. The summed E-state index contributed by atoms with van der Waals surface area (Å²) in [5.74, 6) is 0. The maximum absolute atomic E-state index is 11.6. The maximum atomic E-state index is 11.6. The number of hydrogen-bond donors (Lipinski definition) is 0. The van der Waals surface area contributed by atoms with Gasteiger partial charge in [0.05, 0.1) is 6.10 Å². The highest BCUT2D eigenvalue weighted by Gasteiger charge is 2.49. The third-order valence-corrected chi connectivity index (χ3v) is 2.69. The number of rotatable bonds is 2. The van der Waals surface area contributed by atoms with Gasteiger partial charge < -0.3 is 0 Å². The van der Waals surface area contributed by atoms with Crippen molar-refractivity contribution in [3.8, 4) is 0 Å². The van der Waals surface area contributed by atoms with Crippen molar-refractivity contribution in [1.82, 2.24) is 0 Å². The number of halogens is 3. The molecule has 1 rings (SSSR count). The molecule has 1 aliphatic rings. The predicted octanol–water partition coefficient (Wildman–Crippen LogP) is 1.41. The van der Waals surface area contributed by atoms with E-state index in [1.54, 1.807) is 0 Å². The Morgan fingerprint density at radius 2 is 1.75 bits per heavy atom. The fourth-order valence-electron chi connectivity index (χ4n) is 0.701. The summed E-state index contributed by atoms with van der Waals surface area (Å²) in [5.41, 5.74) is -5.29. The van der Waals surface area contributed by atoms with Gasteiger partial charge in [0, 0.05) is 0 Å². The molecule has 1 fully saturated rings. The van der Waals surface area contributed by atoms with Crippen LogP contribution in [0.2, 0.25) is 0 Å². The van der Waals surface area contributed by atoms with E-state index in [4.69, 9.17) is 0 Å². The summed E-state index contributed by atoms with van der Waals surface area (Å²) in [4.78, 5) is 0. The first kappa shape index (κ1) is 9.79. The minimum absolute atomic E-state index is 0.384. The zero-order chi connectivity index (χ0) is 9.41. The van der Waals surface area contributed by atoms with E-state index in [1.807, 2.05) is 0 Å².